The van der Waals surface area contributed by atoms with E-state index in [0.717, 1.165) is 0 Å². The molecule has 1 aromatic rings. The lowest BCUT2D eigenvalue weighted by molar-refractivity contribution is -0.335. The average molecular weight is 441 g/mol. The number of aromatic amines is 1. The van der Waals surface area contributed by atoms with Crippen LogP contribution in [0.15, 0.2) is 15.7 Å². The third-order valence-electron chi connectivity index (χ3n) is 6.63. The van der Waals surface area contributed by atoms with E-state index in [1.807, 2.05) is 13.8 Å². The fraction of sp³-hybridized carbons (Fsp3) is 0.800. The van der Waals surface area contributed by atoms with E-state index in [1.54, 1.807) is 6.92 Å². The van der Waals surface area contributed by atoms with Gasteiger partial charge in [-0.15, -0.1) is 0 Å². The van der Waals surface area contributed by atoms with Crippen molar-refractivity contribution in [3.8, 4) is 0 Å². The van der Waals surface area contributed by atoms with Gasteiger partial charge in [-0.2, -0.15) is 0 Å². The van der Waals surface area contributed by atoms with Crippen LogP contribution in [0.5, 0.6) is 0 Å². The van der Waals surface area contributed by atoms with Gasteiger partial charge in [0.1, 0.15) is 18.3 Å². The maximum atomic E-state index is 12.8. The minimum Gasteiger partial charge on any atom is -0.414 e. The van der Waals surface area contributed by atoms with E-state index in [0.29, 0.717) is 12.3 Å². The molecule has 0 aromatic carbocycles. The third kappa shape index (κ3) is 3.25. The predicted molar refractivity (Wildman–Crippen MR) is 111 cm³/mol. The summed E-state index contributed by atoms with van der Waals surface area (Å²) in [6, 6.07) is 1.36. The second kappa shape index (κ2) is 6.60. The summed E-state index contributed by atoms with van der Waals surface area (Å²) in [5.41, 5.74) is -0.628. The number of fused-ring (bicyclic) bond motifs is 4. The molecule has 2 saturated heterocycles. The number of ether oxygens (including phenoxy) is 4. The molecule has 2 fully saturated rings. The first-order valence-electron chi connectivity index (χ1n) is 10.4. The van der Waals surface area contributed by atoms with E-state index in [4.69, 9.17) is 23.4 Å². The molecule has 168 valence electrons. The molecule has 3 aliphatic rings. The molecule has 1 aromatic heterocycles. The van der Waals surface area contributed by atoms with E-state index in [2.05, 4.69) is 38.8 Å². The molecular weight excluding hydrogens is 408 g/mol. The van der Waals surface area contributed by atoms with Gasteiger partial charge in [0.05, 0.1) is 12.3 Å². The number of H-pyrrole nitrogens is 1. The molecule has 9 nitrogen and oxygen atoms in total. The van der Waals surface area contributed by atoms with Crippen LogP contribution in [0.25, 0.3) is 0 Å². The first kappa shape index (κ1) is 21.9. The van der Waals surface area contributed by atoms with E-state index in [-0.39, 0.29) is 5.04 Å². The Morgan fingerprint density at radius 1 is 1.17 bits per heavy atom. The van der Waals surface area contributed by atoms with Crippen LogP contribution in [0.3, 0.4) is 0 Å². The van der Waals surface area contributed by atoms with Crippen LogP contribution < -0.4 is 11.2 Å². The van der Waals surface area contributed by atoms with Crippen LogP contribution in [-0.4, -0.2) is 48.6 Å². The van der Waals surface area contributed by atoms with Crippen molar-refractivity contribution in [3.63, 3.8) is 0 Å². The highest BCUT2D eigenvalue weighted by atomic mass is 28.4. The van der Waals surface area contributed by atoms with Crippen molar-refractivity contribution < 1.29 is 23.4 Å². The SMILES string of the molecule is C[C@H]1O[C@]2(O[C@@H](CO[Si](C)(C)C(C)(C)C)[C@@H]3OC(C)(C)O[C@@H]32)n2c1cc(=O)[nH]c2=O. The Kier molecular flexibility index (Phi) is 4.82. The van der Waals surface area contributed by atoms with Crippen molar-refractivity contribution >= 4 is 8.32 Å². The van der Waals surface area contributed by atoms with Crippen LogP contribution in [0.1, 0.15) is 53.3 Å². The lowest BCUT2D eigenvalue weighted by atomic mass is 10.1. The number of aromatic nitrogens is 2. The van der Waals surface area contributed by atoms with E-state index >= 15 is 0 Å². The summed E-state index contributed by atoms with van der Waals surface area (Å²) in [5.74, 6) is -2.39. The lowest BCUT2D eigenvalue weighted by Gasteiger charge is -2.37. The molecule has 30 heavy (non-hydrogen) atoms. The zero-order valence-electron chi connectivity index (χ0n) is 18.9. The molecule has 0 aliphatic carbocycles. The maximum absolute atomic E-state index is 12.8. The van der Waals surface area contributed by atoms with Gasteiger partial charge < -0.3 is 23.4 Å². The van der Waals surface area contributed by atoms with E-state index in [9.17, 15) is 9.59 Å². The number of hydrogen-bond donors (Lipinski definition) is 1. The molecule has 0 amide bonds. The maximum Gasteiger partial charge on any atom is 0.332 e. The van der Waals surface area contributed by atoms with Gasteiger partial charge >= 0.3 is 5.69 Å². The van der Waals surface area contributed by atoms with Crippen LogP contribution in [-0.2, 0) is 29.3 Å². The van der Waals surface area contributed by atoms with Gasteiger partial charge in [-0.25, -0.2) is 9.36 Å². The van der Waals surface area contributed by atoms with Crippen LogP contribution >= 0.6 is 0 Å². The third-order valence-corrected chi connectivity index (χ3v) is 11.1. The Balaban J connectivity index is 1.72. The van der Waals surface area contributed by atoms with E-state index < -0.39 is 55.7 Å². The van der Waals surface area contributed by atoms with Gasteiger partial charge in [-0.3, -0.25) is 9.78 Å². The quantitative estimate of drug-likeness (QED) is 0.719. The van der Waals surface area contributed by atoms with Gasteiger partial charge in [0.2, 0.25) is 0 Å². The van der Waals surface area contributed by atoms with Gasteiger partial charge in [-0.05, 0) is 38.9 Å². The van der Waals surface area contributed by atoms with Gasteiger partial charge in [0.15, 0.2) is 20.2 Å². The molecule has 4 rings (SSSR count). The molecule has 1 N–H and O–H groups in total. The Bertz CT molecular complexity index is 963. The summed E-state index contributed by atoms with van der Waals surface area (Å²) < 4.78 is 32.6. The molecule has 1 spiro atoms. The highest BCUT2D eigenvalue weighted by molar-refractivity contribution is 6.74. The molecule has 0 unspecified atom stereocenters. The van der Waals surface area contributed by atoms with Crippen molar-refractivity contribution in [1.82, 2.24) is 9.55 Å². The number of nitrogens with zero attached hydrogens (tertiary/aromatic N) is 1. The molecule has 0 radical (unpaired) electrons. The van der Waals surface area contributed by atoms with E-state index in [1.165, 1.54) is 10.6 Å². The van der Waals surface area contributed by atoms with Crippen molar-refractivity contribution in [2.24, 2.45) is 0 Å². The molecule has 0 bridgehead atoms. The summed E-state index contributed by atoms with van der Waals surface area (Å²) >= 11 is 0. The molecule has 10 heteroatoms. The molecule has 4 heterocycles. The Labute approximate surface area is 176 Å². The van der Waals surface area contributed by atoms with Crippen molar-refractivity contribution in [1.29, 1.82) is 0 Å². The summed E-state index contributed by atoms with van der Waals surface area (Å²) in [6.45, 7) is 16.6. The number of rotatable bonds is 3. The summed E-state index contributed by atoms with van der Waals surface area (Å²) in [4.78, 5) is 26.9. The predicted octanol–water partition coefficient (Wildman–Crippen LogP) is 2.18. The molecular formula is C20H32N2O7Si. The summed E-state index contributed by atoms with van der Waals surface area (Å²) in [7, 11) is -2.04. The smallest absolute Gasteiger partial charge is 0.332 e. The number of nitrogens with one attached hydrogen (secondary N) is 1. The van der Waals surface area contributed by atoms with Gasteiger partial charge in [0, 0.05) is 6.07 Å². The normalized spacial score (nSPS) is 35.1. The first-order valence-corrected chi connectivity index (χ1v) is 13.3. The fourth-order valence-corrected chi connectivity index (χ4v) is 5.12. The minimum atomic E-state index is -2.04. The van der Waals surface area contributed by atoms with Crippen LogP contribution in [0, 0.1) is 0 Å². The summed E-state index contributed by atoms with van der Waals surface area (Å²) in [6.07, 6.45) is -2.19. The van der Waals surface area contributed by atoms with Gasteiger partial charge in [0.25, 0.3) is 11.5 Å². The molecule has 0 saturated carbocycles. The van der Waals surface area contributed by atoms with Gasteiger partial charge in [-0.1, -0.05) is 20.8 Å². The Morgan fingerprint density at radius 2 is 1.83 bits per heavy atom. The van der Waals surface area contributed by atoms with Crippen LogP contribution in [0.4, 0.5) is 0 Å². The zero-order chi connectivity index (χ0) is 22.3. The van der Waals surface area contributed by atoms with Crippen molar-refractivity contribution in [2.45, 2.75) is 95.8 Å². The summed E-state index contributed by atoms with van der Waals surface area (Å²) in [5, 5.41) is 0.0381. The second-order valence-electron chi connectivity index (χ2n) is 10.3. The highest BCUT2D eigenvalue weighted by Crippen LogP contribution is 2.52. The largest absolute Gasteiger partial charge is 0.414 e. The zero-order valence-corrected chi connectivity index (χ0v) is 19.9. The highest BCUT2D eigenvalue weighted by Gasteiger charge is 2.68. The first-order chi connectivity index (χ1) is 13.7. The topological polar surface area (TPSA) is 101 Å². The lowest BCUT2D eigenvalue weighted by Crippen LogP contribution is -2.50. The Morgan fingerprint density at radius 3 is 2.47 bits per heavy atom. The standard InChI is InChI=1S/C20H32N2O7Si/c1-11-12-9-14(23)21-17(24)22(12)20(26-11)16-15(28-19(5,6)29-16)13(27-20)10-25-30(7,8)18(2,3)4/h9,11,13,15-16H,10H2,1-8H3,(H,21,23,24)/t11-,13+,15+,16+,20-/m1/s1. The fourth-order valence-electron chi connectivity index (χ4n) is 4.11. The average Bonchev–Trinajstić information content (AvgIpc) is 3.14. The monoisotopic (exact) mass is 440 g/mol. The molecule has 5 atom stereocenters. The van der Waals surface area contributed by atoms with Crippen molar-refractivity contribution in [3.05, 3.63) is 32.6 Å². The molecule has 3 aliphatic heterocycles. The Hall–Kier alpha value is -1.30. The second-order valence-corrected chi connectivity index (χ2v) is 15.1. The number of hydrogen-bond acceptors (Lipinski definition) is 7. The van der Waals surface area contributed by atoms with Crippen LogP contribution in [0.2, 0.25) is 18.1 Å². The minimum absolute atomic E-state index is 0.0381. The van der Waals surface area contributed by atoms with Crippen molar-refractivity contribution in [2.75, 3.05) is 6.61 Å².